The molecule has 0 heterocycles. The number of alkyl halides is 3. The van der Waals surface area contributed by atoms with Crippen molar-refractivity contribution in [3.63, 3.8) is 0 Å². The van der Waals surface area contributed by atoms with Gasteiger partial charge in [0.1, 0.15) is 12.1 Å². The summed E-state index contributed by atoms with van der Waals surface area (Å²) in [6.45, 7) is 3.00. The second-order valence-corrected chi connectivity index (χ2v) is 11.9. The second kappa shape index (κ2) is 12.7. The Hall–Kier alpha value is -2.67. The lowest BCUT2D eigenvalue weighted by atomic mass is 9.85. The highest BCUT2D eigenvalue weighted by Crippen LogP contribution is 2.30. The lowest BCUT2D eigenvalue weighted by molar-refractivity contribution is -0.151. The van der Waals surface area contributed by atoms with Gasteiger partial charge in [-0.25, -0.2) is 18.0 Å². The fourth-order valence-corrected chi connectivity index (χ4v) is 5.54. The molecule has 3 rings (SSSR count). The Balaban J connectivity index is 1.58. The minimum Gasteiger partial charge on any atom is -0.462 e. The van der Waals surface area contributed by atoms with Crippen LogP contribution in [0.2, 0.25) is 0 Å². The van der Waals surface area contributed by atoms with E-state index in [-0.39, 0.29) is 23.3 Å². The molecule has 3 N–H and O–H groups in total. The number of carbonyl (C=O) groups excluding carboxylic acids is 2. The molecule has 0 unspecified atom stereocenters. The second-order valence-electron chi connectivity index (χ2n) is 9.98. The fraction of sp³-hybridized carbons (Fsp3) is 0.462. The van der Waals surface area contributed by atoms with Crippen molar-refractivity contribution in [2.24, 2.45) is 5.92 Å². The highest BCUT2D eigenvalue weighted by molar-refractivity contribution is 7.89. The topological polar surface area (TPSA) is 114 Å². The van der Waals surface area contributed by atoms with Crippen LogP contribution in [0.1, 0.15) is 56.7 Å². The molecule has 0 aromatic heterocycles. The molecule has 8 nitrogen and oxygen atoms in total. The lowest BCUT2D eigenvalue weighted by Crippen LogP contribution is -2.45. The number of ether oxygens (including phenoxy) is 1. The molecule has 0 aliphatic heterocycles. The monoisotopic (exact) mass is 589 g/mol. The maximum atomic E-state index is 13.1. The standard InChI is InChI=1S/C26H31ClF3N3O5S/c1-25(2,33-27)24(35)38-16-22(17-6-4-3-5-7-17)31-23(34)18-8-12-20(13-9-18)32-39(36,37)21-14-10-19(11-15-21)26(28,29)30/h3-7,10-11,14-15,18,20,22,32-33H,8-9,12-13,16H2,1-2H3,(H,31,34)/t18-,20-,22-/m1/s1. The molecule has 1 aliphatic carbocycles. The van der Waals surface area contributed by atoms with Gasteiger partial charge in [0.2, 0.25) is 15.9 Å². The van der Waals surface area contributed by atoms with E-state index in [0.29, 0.717) is 25.7 Å². The maximum Gasteiger partial charge on any atom is 0.416 e. The average Bonchev–Trinajstić information content (AvgIpc) is 2.91. The molecule has 1 amide bonds. The van der Waals surface area contributed by atoms with Crippen LogP contribution in [0.4, 0.5) is 13.2 Å². The van der Waals surface area contributed by atoms with Crippen LogP contribution in [0.3, 0.4) is 0 Å². The SMILES string of the molecule is CC(C)(NCl)C(=O)OC[C@@H](NC(=O)[C@H]1CC[C@H](NS(=O)(=O)c2ccc(C(F)(F)F)cc2)CC1)c1ccccc1. The Kier molecular flexibility index (Phi) is 10.0. The van der Waals surface area contributed by atoms with E-state index in [1.165, 1.54) is 0 Å². The van der Waals surface area contributed by atoms with Gasteiger partial charge in [-0.1, -0.05) is 30.3 Å². The number of nitrogens with one attached hydrogen (secondary N) is 3. The summed E-state index contributed by atoms with van der Waals surface area (Å²) in [5, 5.41) is 2.93. The van der Waals surface area contributed by atoms with Gasteiger partial charge in [-0.15, -0.1) is 0 Å². The van der Waals surface area contributed by atoms with E-state index in [9.17, 15) is 31.2 Å². The van der Waals surface area contributed by atoms with Gasteiger partial charge in [0.05, 0.1) is 16.5 Å². The van der Waals surface area contributed by atoms with E-state index < -0.39 is 45.4 Å². The van der Waals surface area contributed by atoms with Crippen LogP contribution in [0.15, 0.2) is 59.5 Å². The number of sulfonamides is 1. The summed E-state index contributed by atoms with van der Waals surface area (Å²) < 4.78 is 71.6. The van der Waals surface area contributed by atoms with Gasteiger partial charge in [0, 0.05) is 12.0 Å². The summed E-state index contributed by atoms with van der Waals surface area (Å²) in [6, 6.07) is 11.3. The van der Waals surface area contributed by atoms with E-state index in [2.05, 4.69) is 14.9 Å². The molecule has 0 saturated heterocycles. The summed E-state index contributed by atoms with van der Waals surface area (Å²) in [5.41, 5.74) is -1.32. The number of carbonyl (C=O) groups is 2. The normalized spacial score (nSPS) is 19.2. The lowest BCUT2D eigenvalue weighted by Gasteiger charge is -2.30. The Bertz CT molecular complexity index is 1230. The molecule has 0 spiro atoms. The molecular weight excluding hydrogens is 559 g/mol. The van der Waals surface area contributed by atoms with E-state index in [0.717, 1.165) is 29.8 Å². The van der Waals surface area contributed by atoms with E-state index in [1.807, 2.05) is 6.07 Å². The number of benzene rings is 2. The third-order valence-electron chi connectivity index (χ3n) is 6.56. The molecule has 214 valence electrons. The van der Waals surface area contributed by atoms with Gasteiger partial charge in [-0.2, -0.15) is 13.2 Å². The van der Waals surface area contributed by atoms with E-state index in [1.54, 1.807) is 38.1 Å². The van der Waals surface area contributed by atoms with Gasteiger partial charge in [0.15, 0.2) is 0 Å². The van der Waals surface area contributed by atoms with Crippen LogP contribution in [0.25, 0.3) is 0 Å². The molecule has 1 fully saturated rings. The van der Waals surface area contributed by atoms with Crippen molar-refractivity contribution >= 4 is 33.7 Å². The summed E-state index contributed by atoms with van der Waals surface area (Å²) in [7, 11) is -4.03. The molecule has 1 saturated carbocycles. The summed E-state index contributed by atoms with van der Waals surface area (Å²) in [5.74, 6) is -1.23. The largest absolute Gasteiger partial charge is 0.462 e. The Morgan fingerprint density at radius 1 is 1.00 bits per heavy atom. The minimum atomic E-state index is -4.56. The highest BCUT2D eigenvalue weighted by Gasteiger charge is 2.33. The average molecular weight is 590 g/mol. The maximum absolute atomic E-state index is 13.1. The zero-order valence-electron chi connectivity index (χ0n) is 21.4. The van der Waals surface area contributed by atoms with Crippen molar-refractivity contribution in [2.75, 3.05) is 6.61 Å². The minimum absolute atomic E-state index is 0.112. The predicted molar refractivity (Wildman–Crippen MR) is 139 cm³/mol. The molecule has 2 aromatic carbocycles. The zero-order chi connectivity index (χ0) is 28.8. The Morgan fingerprint density at radius 3 is 2.13 bits per heavy atom. The number of rotatable bonds is 10. The Morgan fingerprint density at radius 2 is 1.59 bits per heavy atom. The highest BCUT2D eigenvalue weighted by atomic mass is 35.5. The quantitative estimate of drug-likeness (QED) is 0.278. The van der Waals surface area contributed by atoms with Crippen LogP contribution in [-0.4, -0.2) is 38.5 Å². The third-order valence-corrected chi connectivity index (χ3v) is 8.57. The van der Waals surface area contributed by atoms with E-state index in [4.69, 9.17) is 16.5 Å². The molecular formula is C26H31ClF3N3O5S. The van der Waals surface area contributed by atoms with E-state index >= 15 is 0 Å². The first-order chi connectivity index (χ1) is 18.2. The zero-order valence-corrected chi connectivity index (χ0v) is 23.0. The smallest absolute Gasteiger partial charge is 0.416 e. The molecule has 0 bridgehead atoms. The van der Waals surface area contributed by atoms with Gasteiger partial charge in [-0.05, 0) is 81.1 Å². The molecule has 1 atom stereocenters. The fourth-order valence-electron chi connectivity index (χ4n) is 4.16. The van der Waals surface area contributed by atoms with Crippen LogP contribution in [-0.2, 0) is 30.5 Å². The van der Waals surface area contributed by atoms with Crippen LogP contribution < -0.4 is 14.9 Å². The number of hydrogen-bond acceptors (Lipinski definition) is 6. The van der Waals surface area contributed by atoms with Crippen LogP contribution in [0.5, 0.6) is 0 Å². The summed E-state index contributed by atoms with van der Waals surface area (Å²) in [4.78, 5) is 27.5. The molecule has 1 aliphatic rings. The summed E-state index contributed by atoms with van der Waals surface area (Å²) >= 11 is 5.61. The first-order valence-electron chi connectivity index (χ1n) is 12.3. The van der Waals surface area contributed by atoms with Gasteiger partial charge < -0.3 is 10.1 Å². The Labute approximate surface area is 230 Å². The molecule has 13 heteroatoms. The number of halogens is 4. The summed E-state index contributed by atoms with van der Waals surface area (Å²) in [6.07, 6.45) is -3.02. The van der Waals surface area contributed by atoms with Crippen molar-refractivity contribution < 1.29 is 35.9 Å². The number of hydrogen-bond donors (Lipinski definition) is 3. The van der Waals surface area contributed by atoms with Crippen molar-refractivity contribution in [1.29, 1.82) is 0 Å². The molecule has 2 aromatic rings. The van der Waals surface area contributed by atoms with Crippen LogP contribution >= 0.6 is 11.8 Å². The third kappa shape index (κ3) is 8.41. The van der Waals surface area contributed by atoms with Gasteiger partial charge in [0.25, 0.3) is 0 Å². The molecule has 39 heavy (non-hydrogen) atoms. The van der Waals surface area contributed by atoms with Gasteiger partial charge in [-0.3, -0.25) is 9.59 Å². The first-order valence-corrected chi connectivity index (χ1v) is 14.2. The van der Waals surface area contributed by atoms with Crippen LogP contribution in [0, 0.1) is 5.92 Å². The number of esters is 1. The molecule has 0 radical (unpaired) electrons. The van der Waals surface area contributed by atoms with Crippen molar-refractivity contribution in [1.82, 2.24) is 14.9 Å². The number of amides is 1. The van der Waals surface area contributed by atoms with Gasteiger partial charge >= 0.3 is 12.1 Å². The van der Waals surface area contributed by atoms with Crippen molar-refractivity contribution in [3.05, 3.63) is 65.7 Å². The van der Waals surface area contributed by atoms with Crippen molar-refractivity contribution in [3.8, 4) is 0 Å². The van der Waals surface area contributed by atoms with Crippen molar-refractivity contribution in [2.45, 2.75) is 68.2 Å². The first kappa shape index (κ1) is 30.9. The predicted octanol–water partition coefficient (Wildman–Crippen LogP) is 4.47.